The van der Waals surface area contributed by atoms with Crippen LogP contribution in [0.25, 0.3) is 0 Å². The van der Waals surface area contributed by atoms with Crippen molar-refractivity contribution in [2.24, 2.45) is 0 Å². The highest BCUT2D eigenvalue weighted by molar-refractivity contribution is 6.31. The zero-order chi connectivity index (χ0) is 20.7. The van der Waals surface area contributed by atoms with Crippen LogP contribution in [0.5, 0.6) is 0 Å². The van der Waals surface area contributed by atoms with E-state index >= 15 is 0 Å². The van der Waals surface area contributed by atoms with Crippen LogP contribution in [0.4, 0.5) is 0 Å². The minimum atomic E-state index is -0.553. The van der Waals surface area contributed by atoms with Gasteiger partial charge in [-0.2, -0.15) is 0 Å². The van der Waals surface area contributed by atoms with Gasteiger partial charge in [-0.05, 0) is 51.3 Å². The van der Waals surface area contributed by atoms with Gasteiger partial charge in [-0.15, -0.1) is 0 Å². The molecule has 0 spiro atoms. The third kappa shape index (κ3) is 6.38. The lowest BCUT2D eigenvalue weighted by Crippen LogP contribution is -2.49. The molecule has 0 aliphatic rings. The molecular weight excluding hydrogens is 372 g/mol. The number of hydrogen-bond acceptors (Lipinski definition) is 2. The Kier molecular flexibility index (Phi) is 8.06. The Bertz CT molecular complexity index is 803. The molecule has 2 rings (SSSR count). The summed E-state index contributed by atoms with van der Waals surface area (Å²) in [6, 6.07) is 15.0. The fraction of sp³-hybridized carbons (Fsp3) is 0.391. The number of rotatable bonds is 8. The molecule has 4 nitrogen and oxygen atoms in total. The van der Waals surface area contributed by atoms with Crippen LogP contribution < -0.4 is 5.32 Å². The van der Waals surface area contributed by atoms with E-state index in [1.54, 1.807) is 11.8 Å². The zero-order valence-electron chi connectivity index (χ0n) is 17.0. The molecule has 5 heteroatoms. The van der Waals surface area contributed by atoms with Crippen LogP contribution in [0.3, 0.4) is 0 Å². The van der Waals surface area contributed by atoms with Crippen molar-refractivity contribution in [3.63, 3.8) is 0 Å². The van der Waals surface area contributed by atoms with Crippen molar-refractivity contribution in [1.82, 2.24) is 10.2 Å². The van der Waals surface area contributed by atoms with Crippen molar-refractivity contribution in [2.75, 3.05) is 0 Å². The van der Waals surface area contributed by atoms with Gasteiger partial charge in [0.2, 0.25) is 11.8 Å². The number of nitrogens with zero attached hydrogens (tertiary/aromatic N) is 1. The third-order valence-corrected chi connectivity index (χ3v) is 5.01. The monoisotopic (exact) mass is 400 g/mol. The standard InChI is InChI=1S/C23H29ClN2O2/c1-16(2)25-23(28)18(4)26(15-19-11-9-17(3)10-12-19)22(27)14-13-20-7-5-6-8-21(20)24/h5-12,16,18H,13-15H2,1-4H3,(H,25,28)/t18-/m0/s1. The zero-order valence-corrected chi connectivity index (χ0v) is 17.8. The summed E-state index contributed by atoms with van der Waals surface area (Å²) in [6.45, 7) is 8.02. The SMILES string of the molecule is Cc1ccc(CN(C(=O)CCc2ccccc2Cl)[C@@H](C)C(=O)NC(C)C)cc1. The second-order valence-corrected chi connectivity index (χ2v) is 7.85. The first-order chi connectivity index (χ1) is 13.3. The molecular formula is C23H29ClN2O2. The van der Waals surface area contributed by atoms with Crippen LogP contribution >= 0.6 is 11.6 Å². The molecule has 0 aromatic heterocycles. The fourth-order valence-electron chi connectivity index (χ4n) is 2.96. The lowest BCUT2D eigenvalue weighted by atomic mass is 10.1. The highest BCUT2D eigenvalue weighted by Crippen LogP contribution is 2.18. The molecule has 2 aromatic carbocycles. The van der Waals surface area contributed by atoms with E-state index in [4.69, 9.17) is 11.6 Å². The second kappa shape index (κ2) is 10.3. The topological polar surface area (TPSA) is 49.4 Å². The summed E-state index contributed by atoms with van der Waals surface area (Å²) in [6.07, 6.45) is 0.844. The van der Waals surface area contributed by atoms with Crippen molar-refractivity contribution >= 4 is 23.4 Å². The van der Waals surface area contributed by atoms with E-state index in [1.807, 2.05) is 69.3 Å². The van der Waals surface area contributed by atoms with Gasteiger partial charge in [-0.25, -0.2) is 0 Å². The van der Waals surface area contributed by atoms with Crippen molar-refractivity contribution in [3.8, 4) is 0 Å². The molecule has 0 saturated carbocycles. The Morgan fingerprint density at radius 3 is 2.29 bits per heavy atom. The van der Waals surface area contributed by atoms with E-state index in [0.717, 1.165) is 16.7 Å². The number of carbonyl (C=O) groups is 2. The van der Waals surface area contributed by atoms with Gasteiger partial charge >= 0.3 is 0 Å². The summed E-state index contributed by atoms with van der Waals surface area (Å²) in [5.41, 5.74) is 3.10. The first kappa shape index (κ1) is 22.0. The van der Waals surface area contributed by atoms with Gasteiger partial charge in [0.15, 0.2) is 0 Å². The van der Waals surface area contributed by atoms with Crippen molar-refractivity contribution in [1.29, 1.82) is 0 Å². The summed E-state index contributed by atoms with van der Waals surface area (Å²) in [5, 5.41) is 3.56. The number of hydrogen-bond donors (Lipinski definition) is 1. The average molecular weight is 401 g/mol. The Morgan fingerprint density at radius 1 is 1.04 bits per heavy atom. The molecule has 28 heavy (non-hydrogen) atoms. The van der Waals surface area contributed by atoms with Gasteiger partial charge in [-0.3, -0.25) is 9.59 Å². The quantitative estimate of drug-likeness (QED) is 0.708. The van der Waals surface area contributed by atoms with Gasteiger partial charge < -0.3 is 10.2 Å². The van der Waals surface area contributed by atoms with Gasteiger partial charge in [-0.1, -0.05) is 59.6 Å². The molecule has 2 amide bonds. The van der Waals surface area contributed by atoms with Crippen LogP contribution in [0, 0.1) is 6.92 Å². The smallest absolute Gasteiger partial charge is 0.242 e. The Balaban J connectivity index is 2.15. The maximum atomic E-state index is 13.0. The van der Waals surface area contributed by atoms with Crippen LogP contribution in [-0.4, -0.2) is 28.8 Å². The van der Waals surface area contributed by atoms with E-state index in [2.05, 4.69) is 5.32 Å². The summed E-state index contributed by atoms with van der Waals surface area (Å²) >= 11 is 6.21. The number of benzene rings is 2. The maximum absolute atomic E-state index is 13.0. The third-order valence-electron chi connectivity index (χ3n) is 4.64. The average Bonchev–Trinajstić information content (AvgIpc) is 2.65. The summed E-state index contributed by atoms with van der Waals surface area (Å²) in [7, 11) is 0. The maximum Gasteiger partial charge on any atom is 0.242 e. The lowest BCUT2D eigenvalue weighted by molar-refractivity contribution is -0.140. The predicted molar refractivity (Wildman–Crippen MR) is 114 cm³/mol. The molecule has 0 saturated heterocycles. The van der Waals surface area contributed by atoms with E-state index in [9.17, 15) is 9.59 Å². The molecule has 1 atom stereocenters. The highest BCUT2D eigenvalue weighted by atomic mass is 35.5. The predicted octanol–water partition coefficient (Wildman–Crippen LogP) is 4.52. The van der Waals surface area contributed by atoms with Crippen LogP contribution in [-0.2, 0) is 22.6 Å². The molecule has 0 aliphatic carbocycles. The number of amides is 2. The van der Waals surface area contributed by atoms with Gasteiger partial charge in [0.1, 0.15) is 6.04 Å². The van der Waals surface area contributed by atoms with Gasteiger partial charge in [0, 0.05) is 24.0 Å². The minimum Gasteiger partial charge on any atom is -0.352 e. The van der Waals surface area contributed by atoms with Crippen LogP contribution in [0.15, 0.2) is 48.5 Å². The molecule has 0 unspecified atom stereocenters. The van der Waals surface area contributed by atoms with Crippen molar-refractivity contribution < 1.29 is 9.59 Å². The van der Waals surface area contributed by atoms with E-state index < -0.39 is 6.04 Å². The normalized spacial score (nSPS) is 11.9. The van der Waals surface area contributed by atoms with Crippen molar-refractivity contribution in [3.05, 3.63) is 70.2 Å². The molecule has 1 N–H and O–H groups in total. The molecule has 150 valence electrons. The highest BCUT2D eigenvalue weighted by Gasteiger charge is 2.26. The number of carbonyl (C=O) groups excluding carboxylic acids is 2. The molecule has 0 radical (unpaired) electrons. The first-order valence-corrected chi connectivity index (χ1v) is 10.0. The largest absolute Gasteiger partial charge is 0.352 e. The van der Waals surface area contributed by atoms with Crippen LogP contribution in [0.2, 0.25) is 5.02 Å². The molecule has 0 heterocycles. The van der Waals surface area contributed by atoms with E-state index in [0.29, 0.717) is 24.4 Å². The van der Waals surface area contributed by atoms with E-state index in [-0.39, 0.29) is 17.9 Å². The lowest BCUT2D eigenvalue weighted by Gasteiger charge is -2.29. The summed E-state index contributed by atoms with van der Waals surface area (Å²) < 4.78 is 0. The molecule has 2 aromatic rings. The Hall–Kier alpha value is -2.33. The first-order valence-electron chi connectivity index (χ1n) is 9.66. The van der Waals surface area contributed by atoms with E-state index in [1.165, 1.54) is 0 Å². The summed E-state index contributed by atoms with van der Waals surface area (Å²) in [5.74, 6) is -0.208. The number of halogens is 1. The number of aryl methyl sites for hydroxylation is 2. The van der Waals surface area contributed by atoms with Crippen molar-refractivity contribution in [2.45, 2.75) is 59.2 Å². The molecule has 0 fully saturated rings. The van der Waals surface area contributed by atoms with Crippen LogP contribution in [0.1, 0.15) is 43.9 Å². The fourth-order valence-corrected chi connectivity index (χ4v) is 3.19. The molecule has 0 bridgehead atoms. The number of nitrogens with one attached hydrogen (secondary N) is 1. The second-order valence-electron chi connectivity index (χ2n) is 7.44. The Morgan fingerprint density at radius 2 is 1.68 bits per heavy atom. The molecule has 0 aliphatic heterocycles. The van der Waals surface area contributed by atoms with Gasteiger partial charge in [0.05, 0.1) is 0 Å². The minimum absolute atomic E-state index is 0.0226. The summed E-state index contributed by atoms with van der Waals surface area (Å²) in [4.78, 5) is 27.2. The Labute approximate surface area is 172 Å². The van der Waals surface area contributed by atoms with Gasteiger partial charge in [0.25, 0.3) is 0 Å².